The summed E-state index contributed by atoms with van der Waals surface area (Å²) in [6, 6.07) is 12.9. The molecule has 2 aromatic rings. The minimum atomic E-state index is -3.43. The number of sulfonamides is 1. The van der Waals surface area contributed by atoms with E-state index < -0.39 is 21.9 Å². The SMILES string of the molecule is COC(=O)c1ccccc1NC(=O)c1ccc(CS(=O)(=O)N2CCOCC2)cc1. The van der Waals surface area contributed by atoms with Gasteiger partial charge >= 0.3 is 5.97 Å². The van der Waals surface area contributed by atoms with Crippen LogP contribution in [-0.4, -0.2) is 58.0 Å². The largest absolute Gasteiger partial charge is 0.465 e. The molecule has 0 saturated carbocycles. The van der Waals surface area contributed by atoms with Crippen LogP contribution in [0.2, 0.25) is 0 Å². The standard InChI is InChI=1S/C20H22N2O6S/c1-27-20(24)17-4-2-3-5-18(17)21-19(23)16-8-6-15(7-9-16)14-29(25,26)22-10-12-28-13-11-22/h2-9H,10-14H2,1H3,(H,21,23). The zero-order valence-corrected chi connectivity index (χ0v) is 16.8. The van der Waals surface area contributed by atoms with Gasteiger partial charge in [0, 0.05) is 18.7 Å². The van der Waals surface area contributed by atoms with Crippen LogP contribution < -0.4 is 5.32 Å². The van der Waals surface area contributed by atoms with Crippen LogP contribution in [0.5, 0.6) is 0 Å². The summed E-state index contributed by atoms with van der Waals surface area (Å²) in [6.07, 6.45) is 0. The number of anilines is 1. The number of ether oxygens (including phenoxy) is 2. The molecule has 154 valence electrons. The molecule has 1 aliphatic heterocycles. The quantitative estimate of drug-likeness (QED) is 0.719. The van der Waals surface area contributed by atoms with Crippen molar-refractivity contribution in [2.45, 2.75) is 5.75 Å². The van der Waals surface area contributed by atoms with Gasteiger partial charge in [0.15, 0.2) is 0 Å². The Balaban J connectivity index is 1.69. The summed E-state index contributed by atoms with van der Waals surface area (Å²) in [5.74, 6) is -1.10. The second-order valence-electron chi connectivity index (χ2n) is 6.46. The molecule has 0 aromatic heterocycles. The number of morpholine rings is 1. The Labute approximate surface area is 169 Å². The van der Waals surface area contributed by atoms with Gasteiger partial charge in [-0.1, -0.05) is 24.3 Å². The van der Waals surface area contributed by atoms with Crippen molar-refractivity contribution in [3.8, 4) is 0 Å². The maximum atomic E-state index is 12.5. The first-order valence-corrected chi connectivity index (χ1v) is 10.6. The second-order valence-corrected chi connectivity index (χ2v) is 8.42. The number of esters is 1. The van der Waals surface area contributed by atoms with Crippen LogP contribution in [-0.2, 0) is 25.2 Å². The molecular weight excluding hydrogens is 396 g/mol. The zero-order chi connectivity index (χ0) is 20.9. The topological polar surface area (TPSA) is 102 Å². The maximum absolute atomic E-state index is 12.5. The van der Waals surface area contributed by atoms with Crippen molar-refractivity contribution >= 4 is 27.6 Å². The number of rotatable bonds is 6. The summed E-state index contributed by atoms with van der Waals surface area (Å²) < 4.78 is 36.3. The Hall–Kier alpha value is -2.75. The lowest BCUT2D eigenvalue weighted by Gasteiger charge is -2.26. The molecule has 1 N–H and O–H groups in total. The van der Waals surface area contributed by atoms with Crippen LogP contribution in [0, 0.1) is 0 Å². The molecule has 0 spiro atoms. The number of methoxy groups -OCH3 is 1. The number of para-hydroxylation sites is 1. The Morgan fingerprint density at radius 3 is 2.38 bits per heavy atom. The van der Waals surface area contributed by atoms with Crippen molar-refractivity contribution in [3.63, 3.8) is 0 Å². The van der Waals surface area contributed by atoms with E-state index in [1.54, 1.807) is 48.5 Å². The summed E-state index contributed by atoms with van der Waals surface area (Å²) in [6.45, 7) is 1.49. The smallest absolute Gasteiger partial charge is 0.339 e. The molecule has 0 radical (unpaired) electrons. The molecule has 1 amide bonds. The summed E-state index contributed by atoms with van der Waals surface area (Å²) in [5, 5.41) is 2.68. The lowest BCUT2D eigenvalue weighted by molar-refractivity contribution is 0.0602. The van der Waals surface area contributed by atoms with E-state index in [4.69, 9.17) is 9.47 Å². The molecule has 8 nitrogen and oxygen atoms in total. The molecule has 0 aliphatic carbocycles. The number of nitrogens with one attached hydrogen (secondary N) is 1. The first-order chi connectivity index (χ1) is 13.9. The molecule has 2 aromatic carbocycles. The first-order valence-electron chi connectivity index (χ1n) is 9.04. The lowest BCUT2D eigenvalue weighted by atomic mass is 10.1. The fourth-order valence-electron chi connectivity index (χ4n) is 2.95. The van der Waals surface area contributed by atoms with Gasteiger partial charge in [-0.3, -0.25) is 4.79 Å². The molecule has 1 saturated heterocycles. The van der Waals surface area contributed by atoms with E-state index in [-0.39, 0.29) is 11.3 Å². The highest BCUT2D eigenvalue weighted by Gasteiger charge is 2.24. The van der Waals surface area contributed by atoms with Crippen LogP contribution in [0.3, 0.4) is 0 Å². The molecular formula is C20H22N2O6S. The zero-order valence-electron chi connectivity index (χ0n) is 16.0. The van der Waals surface area contributed by atoms with Gasteiger partial charge in [-0.25, -0.2) is 13.2 Å². The molecule has 0 unspecified atom stereocenters. The summed E-state index contributed by atoms with van der Waals surface area (Å²) in [7, 11) is -2.17. The number of benzene rings is 2. The molecule has 1 aliphatic rings. The average Bonchev–Trinajstić information content (AvgIpc) is 2.74. The van der Waals surface area contributed by atoms with Gasteiger partial charge in [-0.2, -0.15) is 4.31 Å². The Bertz CT molecular complexity index is 982. The van der Waals surface area contributed by atoms with Crippen molar-refractivity contribution < 1.29 is 27.5 Å². The van der Waals surface area contributed by atoms with Crippen LogP contribution >= 0.6 is 0 Å². The van der Waals surface area contributed by atoms with Gasteiger partial charge < -0.3 is 14.8 Å². The average molecular weight is 418 g/mol. The van der Waals surface area contributed by atoms with Crippen LogP contribution in [0.25, 0.3) is 0 Å². The van der Waals surface area contributed by atoms with E-state index in [0.717, 1.165) is 0 Å². The first kappa shape index (κ1) is 21.0. The highest BCUT2D eigenvalue weighted by atomic mass is 32.2. The number of carbonyl (C=O) groups excluding carboxylic acids is 2. The molecule has 1 heterocycles. The Kier molecular flexibility index (Phi) is 6.63. The minimum absolute atomic E-state index is 0.139. The molecule has 29 heavy (non-hydrogen) atoms. The molecule has 0 atom stereocenters. The number of nitrogens with zero attached hydrogens (tertiary/aromatic N) is 1. The van der Waals surface area contributed by atoms with E-state index in [1.165, 1.54) is 11.4 Å². The summed E-state index contributed by atoms with van der Waals surface area (Å²) >= 11 is 0. The van der Waals surface area contributed by atoms with Crippen LogP contribution in [0.1, 0.15) is 26.3 Å². The maximum Gasteiger partial charge on any atom is 0.339 e. The van der Waals surface area contributed by atoms with Crippen molar-refractivity contribution in [2.24, 2.45) is 0 Å². The monoisotopic (exact) mass is 418 g/mol. The van der Waals surface area contributed by atoms with Crippen LogP contribution in [0.4, 0.5) is 5.69 Å². The van der Waals surface area contributed by atoms with Gasteiger partial charge in [0.1, 0.15) is 0 Å². The van der Waals surface area contributed by atoms with E-state index in [0.29, 0.717) is 43.1 Å². The number of hydrogen-bond acceptors (Lipinski definition) is 6. The fraction of sp³-hybridized carbons (Fsp3) is 0.300. The minimum Gasteiger partial charge on any atom is -0.465 e. The Morgan fingerprint density at radius 2 is 1.72 bits per heavy atom. The van der Waals surface area contributed by atoms with Crippen molar-refractivity contribution in [3.05, 3.63) is 65.2 Å². The van der Waals surface area contributed by atoms with E-state index >= 15 is 0 Å². The van der Waals surface area contributed by atoms with Crippen molar-refractivity contribution in [1.82, 2.24) is 4.31 Å². The van der Waals surface area contributed by atoms with E-state index in [2.05, 4.69) is 5.32 Å². The summed E-state index contributed by atoms with van der Waals surface area (Å²) in [5.41, 5.74) is 1.51. The van der Waals surface area contributed by atoms with Crippen LogP contribution in [0.15, 0.2) is 48.5 Å². The highest BCUT2D eigenvalue weighted by molar-refractivity contribution is 7.88. The predicted octanol–water partition coefficient (Wildman–Crippen LogP) is 1.89. The third-order valence-electron chi connectivity index (χ3n) is 4.51. The van der Waals surface area contributed by atoms with E-state index in [1.807, 2.05) is 0 Å². The molecule has 9 heteroatoms. The number of hydrogen-bond donors (Lipinski definition) is 1. The summed E-state index contributed by atoms with van der Waals surface area (Å²) in [4.78, 5) is 24.3. The van der Waals surface area contributed by atoms with Gasteiger partial charge in [-0.15, -0.1) is 0 Å². The fourth-order valence-corrected chi connectivity index (χ4v) is 4.46. The lowest BCUT2D eigenvalue weighted by Crippen LogP contribution is -2.41. The van der Waals surface area contributed by atoms with Gasteiger partial charge in [-0.05, 0) is 29.8 Å². The molecule has 1 fully saturated rings. The predicted molar refractivity (Wildman–Crippen MR) is 107 cm³/mol. The Morgan fingerprint density at radius 1 is 1.07 bits per heavy atom. The molecule has 0 bridgehead atoms. The highest BCUT2D eigenvalue weighted by Crippen LogP contribution is 2.18. The number of amides is 1. The van der Waals surface area contributed by atoms with Gasteiger partial charge in [0.05, 0.1) is 37.3 Å². The molecule has 3 rings (SSSR count). The third-order valence-corrected chi connectivity index (χ3v) is 6.36. The normalized spacial score (nSPS) is 14.9. The van der Waals surface area contributed by atoms with Gasteiger partial charge in [0.25, 0.3) is 5.91 Å². The van der Waals surface area contributed by atoms with E-state index in [9.17, 15) is 18.0 Å². The number of carbonyl (C=O) groups is 2. The second kappa shape index (κ2) is 9.17. The van der Waals surface area contributed by atoms with Gasteiger partial charge in [0.2, 0.25) is 10.0 Å². The van der Waals surface area contributed by atoms with Crippen molar-refractivity contribution in [2.75, 3.05) is 38.7 Å². The third kappa shape index (κ3) is 5.20. The van der Waals surface area contributed by atoms with Crippen molar-refractivity contribution in [1.29, 1.82) is 0 Å².